The molecule has 2 fully saturated rings. The van der Waals surface area contributed by atoms with Crippen molar-refractivity contribution in [2.24, 2.45) is 29.4 Å². The van der Waals surface area contributed by atoms with E-state index in [1.54, 1.807) is 0 Å². The van der Waals surface area contributed by atoms with Gasteiger partial charge in [0.1, 0.15) is 0 Å². The number of hydrogen-bond donors (Lipinski definition) is 1. The van der Waals surface area contributed by atoms with Crippen LogP contribution in [0.15, 0.2) is 0 Å². The lowest BCUT2D eigenvalue weighted by Gasteiger charge is -2.43. The smallest absolute Gasteiger partial charge is 0.225 e. The highest BCUT2D eigenvalue weighted by molar-refractivity contribution is 5.79. The summed E-state index contributed by atoms with van der Waals surface area (Å²) < 4.78 is 0. The van der Waals surface area contributed by atoms with Crippen molar-refractivity contribution in [3.8, 4) is 0 Å². The number of nitrogens with two attached hydrogens (primary N) is 1. The molecule has 3 heteroatoms. The van der Waals surface area contributed by atoms with Crippen LogP contribution < -0.4 is 5.73 Å². The number of piperidine rings is 1. The molecule has 1 amide bonds. The van der Waals surface area contributed by atoms with Crippen molar-refractivity contribution in [1.29, 1.82) is 0 Å². The van der Waals surface area contributed by atoms with Crippen molar-refractivity contribution >= 4 is 5.91 Å². The summed E-state index contributed by atoms with van der Waals surface area (Å²) in [5.41, 5.74) is 6.09. The number of amides is 1. The van der Waals surface area contributed by atoms with Crippen LogP contribution in [0.1, 0.15) is 59.8 Å². The van der Waals surface area contributed by atoms with E-state index in [-0.39, 0.29) is 5.92 Å². The summed E-state index contributed by atoms with van der Waals surface area (Å²) in [6.45, 7) is 9.83. The predicted octanol–water partition coefficient (Wildman–Crippen LogP) is 3.03. The van der Waals surface area contributed by atoms with Gasteiger partial charge in [-0.15, -0.1) is 0 Å². The van der Waals surface area contributed by atoms with Gasteiger partial charge in [-0.3, -0.25) is 4.79 Å². The van der Waals surface area contributed by atoms with E-state index >= 15 is 0 Å². The van der Waals surface area contributed by atoms with Gasteiger partial charge >= 0.3 is 0 Å². The monoisotopic (exact) mass is 280 g/mol. The molecule has 6 atom stereocenters. The molecule has 20 heavy (non-hydrogen) atoms. The highest BCUT2D eigenvalue weighted by Gasteiger charge is 2.37. The van der Waals surface area contributed by atoms with E-state index in [1.165, 1.54) is 19.3 Å². The fourth-order valence-corrected chi connectivity index (χ4v) is 4.19. The molecule has 0 radical (unpaired) electrons. The van der Waals surface area contributed by atoms with E-state index in [9.17, 15) is 4.79 Å². The molecule has 1 aliphatic carbocycles. The minimum atomic E-state index is 0.140. The van der Waals surface area contributed by atoms with Crippen LogP contribution in [-0.2, 0) is 4.79 Å². The van der Waals surface area contributed by atoms with Gasteiger partial charge in [0, 0.05) is 24.5 Å². The number of carbonyl (C=O) groups excluding carboxylic acids is 1. The lowest BCUT2D eigenvalue weighted by Crippen LogP contribution is -2.51. The van der Waals surface area contributed by atoms with Gasteiger partial charge in [0.05, 0.1) is 0 Å². The Hall–Kier alpha value is -0.570. The Balaban J connectivity index is 2.01. The molecule has 116 valence electrons. The van der Waals surface area contributed by atoms with Crippen LogP contribution in [0, 0.1) is 23.7 Å². The van der Waals surface area contributed by atoms with Crippen molar-refractivity contribution in [1.82, 2.24) is 4.90 Å². The first-order chi connectivity index (χ1) is 9.40. The van der Waals surface area contributed by atoms with Crippen molar-refractivity contribution < 1.29 is 4.79 Å². The largest absolute Gasteiger partial charge is 0.339 e. The second-order valence-corrected chi connectivity index (χ2v) is 7.52. The van der Waals surface area contributed by atoms with Gasteiger partial charge in [0.25, 0.3) is 0 Å². The lowest BCUT2D eigenvalue weighted by atomic mass is 9.77. The fraction of sp³-hybridized carbons (Fsp3) is 0.941. The summed E-state index contributed by atoms with van der Waals surface area (Å²) >= 11 is 0. The minimum absolute atomic E-state index is 0.140. The quantitative estimate of drug-likeness (QED) is 0.845. The molecule has 6 unspecified atom stereocenters. The molecule has 1 aliphatic heterocycles. The van der Waals surface area contributed by atoms with E-state index in [1.807, 2.05) is 0 Å². The molecule has 3 nitrogen and oxygen atoms in total. The summed E-state index contributed by atoms with van der Waals surface area (Å²) in [6, 6.07) is 0.694. The fourth-order valence-electron chi connectivity index (χ4n) is 4.19. The Morgan fingerprint density at radius 3 is 2.55 bits per heavy atom. The van der Waals surface area contributed by atoms with E-state index in [4.69, 9.17) is 5.73 Å². The highest BCUT2D eigenvalue weighted by Crippen LogP contribution is 2.33. The summed E-state index contributed by atoms with van der Waals surface area (Å²) in [6.07, 6.45) is 5.76. The Bertz CT molecular complexity index is 344. The van der Waals surface area contributed by atoms with Crippen LogP contribution in [0.2, 0.25) is 0 Å². The van der Waals surface area contributed by atoms with Crippen molar-refractivity contribution in [2.75, 3.05) is 6.54 Å². The molecule has 0 aromatic heterocycles. The number of likely N-dealkylation sites (tertiary alicyclic amines) is 1. The van der Waals surface area contributed by atoms with Crippen LogP contribution in [-0.4, -0.2) is 29.4 Å². The molecule has 0 spiro atoms. The van der Waals surface area contributed by atoms with Crippen LogP contribution >= 0.6 is 0 Å². The summed E-state index contributed by atoms with van der Waals surface area (Å²) in [5, 5.41) is 0. The van der Waals surface area contributed by atoms with Crippen LogP contribution in [0.3, 0.4) is 0 Å². The molecule has 1 saturated heterocycles. The zero-order valence-corrected chi connectivity index (χ0v) is 13.6. The zero-order chi connectivity index (χ0) is 14.9. The van der Waals surface area contributed by atoms with Gasteiger partial charge < -0.3 is 10.6 Å². The maximum atomic E-state index is 12.9. The second kappa shape index (κ2) is 6.46. The summed E-state index contributed by atoms with van der Waals surface area (Å²) in [5.74, 6) is 2.25. The second-order valence-electron chi connectivity index (χ2n) is 7.52. The third kappa shape index (κ3) is 3.36. The van der Waals surface area contributed by atoms with Gasteiger partial charge in [0.2, 0.25) is 5.91 Å². The maximum absolute atomic E-state index is 12.9. The van der Waals surface area contributed by atoms with E-state index < -0.39 is 0 Å². The SMILES string of the molecule is CC1CC(C)C(C)N(C(=O)C(C)C2CCCC(N)C2)C1. The topological polar surface area (TPSA) is 46.3 Å². The molecule has 1 saturated carbocycles. The molecule has 2 aliphatic rings. The molecule has 0 bridgehead atoms. The number of nitrogens with zero attached hydrogens (tertiary/aromatic N) is 1. The number of carbonyl (C=O) groups is 1. The molecule has 1 heterocycles. The summed E-state index contributed by atoms with van der Waals surface area (Å²) in [7, 11) is 0. The van der Waals surface area contributed by atoms with Gasteiger partial charge in [-0.1, -0.05) is 27.2 Å². The average molecular weight is 280 g/mol. The molecular weight excluding hydrogens is 248 g/mol. The Kier molecular flexibility index (Phi) is 5.11. The Morgan fingerprint density at radius 2 is 1.90 bits per heavy atom. The summed E-state index contributed by atoms with van der Waals surface area (Å²) in [4.78, 5) is 15.0. The van der Waals surface area contributed by atoms with Crippen LogP contribution in [0.5, 0.6) is 0 Å². The standard InChI is InChI=1S/C17H32N2O/c1-11-8-12(2)14(4)19(10-11)17(20)13(3)15-6-5-7-16(18)9-15/h11-16H,5-10,18H2,1-4H3. The molecule has 0 aromatic rings. The number of hydrogen-bond acceptors (Lipinski definition) is 2. The normalized spacial score (nSPS) is 40.5. The van der Waals surface area contributed by atoms with E-state index in [0.29, 0.717) is 35.7 Å². The Labute approximate surface area is 124 Å². The molecule has 0 aromatic carbocycles. The first-order valence-corrected chi connectivity index (χ1v) is 8.46. The van der Waals surface area contributed by atoms with Crippen LogP contribution in [0.25, 0.3) is 0 Å². The maximum Gasteiger partial charge on any atom is 0.225 e. The van der Waals surface area contributed by atoms with Gasteiger partial charge in [-0.25, -0.2) is 0 Å². The predicted molar refractivity (Wildman–Crippen MR) is 83.2 cm³/mol. The van der Waals surface area contributed by atoms with Crippen molar-refractivity contribution in [2.45, 2.75) is 71.9 Å². The van der Waals surface area contributed by atoms with Crippen molar-refractivity contribution in [3.63, 3.8) is 0 Å². The lowest BCUT2D eigenvalue weighted by molar-refractivity contribution is -0.143. The highest BCUT2D eigenvalue weighted by atomic mass is 16.2. The van der Waals surface area contributed by atoms with Gasteiger partial charge in [-0.05, 0) is 50.4 Å². The average Bonchev–Trinajstić information content (AvgIpc) is 2.41. The van der Waals surface area contributed by atoms with Crippen LogP contribution in [0.4, 0.5) is 0 Å². The van der Waals surface area contributed by atoms with Crippen molar-refractivity contribution in [3.05, 3.63) is 0 Å². The van der Waals surface area contributed by atoms with E-state index in [2.05, 4.69) is 32.6 Å². The minimum Gasteiger partial charge on any atom is -0.339 e. The third-order valence-electron chi connectivity index (χ3n) is 5.73. The van der Waals surface area contributed by atoms with Gasteiger partial charge in [-0.2, -0.15) is 0 Å². The molecule has 2 N–H and O–H groups in total. The first-order valence-electron chi connectivity index (χ1n) is 8.46. The zero-order valence-electron chi connectivity index (χ0n) is 13.6. The third-order valence-corrected chi connectivity index (χ3v) is 5.73. The Morgan fingerprint density at radius 1 is 1.20 bits per heavy atom. The van der Waals surface area contributed by atoms with Gasteiger partial charge in [0.15, 0.2) is 0 Å². The molecular formula is C17H32N2O. The van der Waals surface area contributed by atoms with E-state index in [0.717, 1.165) is 19.4 Å². The first kappa shape index (κ1) is 15.8. The number of rotatable bonds is 2. The molecule has 2 rings (SSSR count).